The van der Waals surface area contributed by atoms with Gasteiger partial charge in [-0.3, -0.25) is 14.4 Å². The largest absolute Gasteiger partial charge is 0.481 e. The van der Waals surface area contributed by atoms with Gasteiger partial charge in [-0.05, 0) is 263 Å². The maximum Gasteiger partial charge on any atom is 0.410 e. The van der Waals surface area contributed by atoms with Crippen molar-refractivity contribution in [3.8, 4) is 0 Å². The van der Waals surface area contributed by atoms with Crippen LogP contribution in [0.2, 0.25) is 0 Å². The second-order valence-corrected chi connectivity index (χ2v) is 36.4. The summed E-state index contributed by atoms with van der Waals surface area (Å²) in [6, 6.07) is 30.7. The molecule has 4 spiro atoms. The van der Waals surface area contributed by atoms with Gasteiger partial charge in [0, 0.05) is 65.6 Å². The molecule has 4 amide bonds. The van der Waals surface area contributed by atoms with E-state index in [1.54, 1.807) is 11.8 Å². The van der Waals surface area contributed by atoms with Crippen molar-refractivity contribution in [3.05, 3.63) is 141 Å². The summed E-state index contributed by atoms with van der Waals surface area (Å²) in [5.74, 6) is -0.650. The molecule has 99 heavy (non-hydrogen) atoms. The average molecular weight is 1360 g/mol. The van der Waals surface area contributed by atoms with Gasteiger partial charge in [-0.2, -0.15) is 0 Å². The highest BCUT2D eigenvalue weighted by atomic mass is 16.6. The Morgan fingerprint density at radius 3 is 1.37 bits per heavy atom. The van der Waals surface area contributed by atoms with Gasteiger partial charge in [-0.15, -0.1) is 0 Å². The summed E-state index contributed by atoms with van der Waals surface area (Å²) in [4.78, 5) is 72.3. The number of nitrogens with one attached hydrogen (secondary N) is 2. The van der Waals surface area contributed by atoms with E-state index in [-0.39, 0.29) is 67.8 Å². The van der Waals surface area contributed by atoms with Gasteiger partial charge in [0.05, 0.1) is 18.0 Å². The number of ether oxygens (including phenoxy) is 1. The predicted octanol–water partition coefficient (Wildman–Crippen LogP) is 17.7. The van der Waals surface area contributed by atoms with Crippen LogP contribution in [-0.2, 0) is 36.0 Å². The van der Waals surface area contributed by atoms with E-state index in [1.165, 1.54) is 123 Å². The fourth-order valence-electron chi connectivity index (χ4n) is 18.0. The van der Waals surface area contributed by atoms with Crippen molar-refractivity contribution in [1.29, 1.82) is 0 Å². The lowest BCUT2D eigenvalue weighted by atomic mass is 9.73. The summed E-state index contributed by atoms with van der Waals surface area (Å²) in [7, 11) is 0. The van der Waals surface area contributed by atoms with Crippen molar-refractivity contribution < 1.29 is 38.1 Å². The molecule has 5 heterocycles. The third kappa shape index (κ3) is 18.6. The Bertz CT molecular complexity index is 3490. The molecule has 0 bridgehead atoms. The number of urea groups is 1. The molecule has 14 nitrogen and oxygen atoms in total. The molecule has 0 radical (unpaired) electrons. The van der Waals surface area contributed by atoms with E-state index in [9.17, 15) is 29.1 Å². The number of ketones is 1. The summed E-state index contributed by atoms with van der Waals surface area (Å²) >= 11 is 0. The number of Topliss-reactive ketones (excluding diaryl/α,β-unsaturated/α-hetero) is 1. The first-order valence-electron chi connectivity index (χ1n) is 38.2. The van der Waals surface area contributed by atoms with E-state index in [4.69, 9.17) is 4.74 Å². The Kier molecular flexibility index (Phi) is 23.3. The van der Waals surface area contributed by atoms with Crippen molar-refractivity contribution >= 4 is 29.8 Å². The molecule has 0 saturated carbocycles. The first-order chi connectivity index (χ1) is 46.6. The quantitative estimate of drug-likeness (QED) is 0.147. The molecule has 5 fully saturated rings. The average Bonchev–Trinajstić information content (AvgIpc) is 1.61. The second kappa shape index (κ2) is 30.5. The molecule has 14 heteroatoms. The number of aryl methyl sites for hydroxylation is 2. The standard InChI is InChI=1S/C24H37N3O.C22H34N2O.C20H29NO2.C19H25NO3.3H2/c1-23(2,3)10-15-26-16-11-24(12-17-26)18-21(19-8-4-5-9-20(19)24)25-22(28)27-13-6-7-14-27;1-16-6-7-19-18(14-16)20(23-17(2)25)15-22(19)9-12-24(13-10-22)11-8-21(3,4)5;1-19(2,3)8-11-21-12-9-20(10-13-21)14-16(18(22)23)15-6-4-5-7-17(15)20;1-13-5-6-15-14(11-13)16(21)12-19(15)7-9-20(10-8-19)17(22)23-18(2,3)4;;;/h4-5,8-9,21H,6-7,10-18H2,1-3H3,(H,25,28);6-7,14,20H,8-13,15H2,1-5H3,(H,23,25);4-7,16H,8-14H2,1-3H3,(H,22,23);5-6,11H,7-10,12H2,1-4H3;3*1H/t21-;20-;;;;;/m00...../s1. The Labute approximate surface area is 600 Å². The van der Waals surface area contributed by atoms with E-state index in [2.05, 4.69) is 161 Å². The van der Waals surface area contributed by atoms with Crippen LogP contribution in [-0.4, -0.2) is 150 Å². The minimum Gasteiger partial charge on any atom is -0.481 e. The predicted molar refractivity (Wildman–Crippen MR) is 406 cm³/mol. The zero-order valence-electron chi connectivity index (χ0n) is 63.7. The Morgan fingerprint density at radius 1 is 0.495 bits per heavy atom. The highest BCUT2D eigenvalue weighted by Gasteiger charge is 2.51. The third-order valence-electron chi connectivity index (χ3n) is 24.0. The fraction of sp³-hybridized carbons (Fsp3) is 0.659. The number of carbonyl (C=O) groups excluding carboxylic acids is 4. The van der Waals surface area contributed by atoms with E-state index in [0.29, 0.717) is 35.8 Å². The number of carboxylic acids is 1. The van der Waals surface area contributed by atoms with Gasteiger partial charge in [0.2, 0.25) is 5.91 Å². The Morgan fingerprint density at radius 2 is 0.909 bits per heavy atom. The molecule has 5 saturated heterocycles. The molecule has 4 aromatic carbocycles. The fourth-order valence-corrected chi connectivity index (χ4v) is 18.0. The number of carbonyl (C=O) groups is 5. The molecule has 1 unspecified atom stereocenters. The van der Waals surface area contributed by atoms with Gasteiger partial charge < -0.3 is 45.0 Å². The summed E-state index contributed by atoms with van der Waals surface area (Å²) in [5, 5.41) is 16.2. The minimum atomic E-state index is -0.663. The number of likely N-dealkylation sites (tertiary alicyclic amines) is 5. The van der Waals surface area contributed by atoms with E-state index < -0.39 is 11.6 Å². The van der Waals surface area contributed by atoms with Crippen LogP contribution >= 0.6 is 0 Å². The SMILES string of the molecule is CC(=O)N[C@H]1CC2(CCN(CCC(C)(C)C)CC2)c2ccc(C)cc21.CC(C)(C)CCN1CCC2(CC1)CC(C(=O)O)c1ccccc12.CC(C)(C)CCN1CCC2(CC1)C[C@H](NC(=O)N1CCCC1)c1ccccc12.Cc1ccc2c(c1)C(=O)CC21CCN(C(=O)OC(C)(C)C)CC1.[HH].[HH].[HH]. The van der Waals surface area contributed by atoms with Crippen LogP contribution in [0.4, 0.5) is 9.59 Å². The lowest BCUT2D eigenvalue weighted by molar-refractivity contribution is -0.139. The van der Waals surface area contributed by atoms with Gasteiger partial charge in [-0.1, -0.05) is 152 Å². The van der Waals surface area contributed by atoms with Crippen LogP contribution in [0.3, 0.4) is 0 Å². The second-order valence-electron chi connectivity index (χ2n) is 36.4. The summed E-state index contributed by atoms with van der Waals surface area (Å²) < 4.78 is 5.45. The molecular weight excluding hydrogens is 1230 g/mol. The van der Waals surface area contributed by atoms with Crippen molar-refractivity contribution in [2.45, 2.75) is 258 Å². The van der Waals surface area contributed by atoms with Gasteiger partial charge >= 0.3 is 18.1 Å². The number of piperidine rings is 4. The molecule has 9 aliphatic rings. The number of amides is 4. The monoisotopic (exact) mass is 1360 g/mol. The maximum absolute atomic E-state index is 12.7. The number of rotatable bonds is 9. The highest BCUT2D eigenvalue weighted by Crippen LogP contribution is 2.55. The normalized spacial score (nSPS) is 22.9. The number of nitrogens with zero attached hydrogens (tertiary/aromatic N) is 5. The zero-order chi connectivity index (χ0) is 71.5. The van der Waals surface area contributed by atoms with Crippen LogP contribution in [0.5, 0.6) is 0 Å². The first kappa shape index (κ1) is 75.6. The topological polar surface area (TPSA) is 155 Å². The summed E-state index contributed by atoms with van der Waals surface area (Å²) in [6.45, 7) is 45.9. The molecule has 0 aromatic heterocycles. The molecule has 3 atom stereocenters. The maximum atomic E-state index is 12.7. The number of aliphatic carboxylic acids is 1. The number of hydrogen-bond acceptors (Lipinski definition) is 9. The van der Waals surface area contributed by atoms with Crippen LogP contribution < -0.4 is 10.6 Å². The van der Waals surface area contributed by atoms with E-state index >= 15 is 0 Å². The first-order valence-corrected chi connectivity index (χ1v) is 38.2. The van der Waals surface area contributed by atoms with Gasteiger partial charge in [-0.25, -0.2) is 9.59 Å². The van der Waals surface area contributed by atoms with Crippen molar-refractivity contribution in [2.75, 3.05) is 85.1 Å². The number of carboxylic acid groups (broad SMARTS) is 1. The van der Waals surface area contributed by atoms with E-state index in [1.807, 2.05) is 50.8 Å². The Hall–Kier alpha value is -6.09. The molecule has 5 aliphatic heterocycles. The minimum absolute atomic E-state index is 0. The smallest absolute Gasteiger partial charge is 0.410 e. The van der Waals surface area contributed by atoms with Crippen LogP contribution in [0.1, 0.15) is 282 Å². The number of hydrogen-bond donors (Lipinski definition) is 3. The zero-order valence-corrected chi connectivity index (χ0v) is 63.7. The summed E-state index contributed by atoms with van der Waals surface area (Å²) in [6.07, 6.45) is 18.0. The molecular formula is C85H131N7O7. The van der Waals surface area contributed by atoms with Crippen LogP contribution in [0.25, 0.3) is 0 Å². The number of benzene rings is 4. The third-order valence-corrected chi connectivity index (χ3v) is 24.0. The van der Waals surface area contributed by atoms with Crippen molar-refractivity contribution in [3.63, 3.8) is 0 Å². The van der Waals surface area contributed by atoms with Crippen molar-refractivity contribution in [1.82, 2.24) is 35.1 Å². The molecule has 4 aromatic rings. The number of fused-ring (bicyclic) bond motifs is 8. The lowest BCUT2D eigenvalue weighted by Gasteiger charge is -2.41. The summed E-state index contributed by atoms with van der Waals surface area (Å²) in [5.41, 5.74) is 13.8. The Balaban J connectivity index is 0.000000189. The van der Waals surface area contributed by atoms with Crippen LogP contribution in [0, 0.1) is 30.1 Å². The van der Waals surface area contributed by atoms with E-state index in [0.717, 1.165) is 107 Å². The van der Waals surface area contributed by atoms with Gasteiger partial charge in [0.1, 0.15) is 5.60 Å². The lowest BCUT2D eigenvalue weighted by Crippen LogP contribution is -2.46. The molecule has 4 aliphatic carbocycles. The molecule has 3 N–H and O–H groups in total. The highest BCUT2D eigenvalue weighted by molar-refractivity contribution is 6.02. The van der Waals surface area contributed by atoms with Gasteiger partial charge in [0.15, 0.2) is 5.78 Å². The molecule has 13 rings (SSSR count). The van der Waals surface area contributed by atoms with Crippen molar-refractivity contribution in [2.24, 2.45) is 16.2 Å². The molecule has 548 valence electrons. The van der Waals surface area contributed by atoms with Gasteiger partial charge in [0.25, 0.3) is 0 Å². The van der Waals surface area contributed by atoms with Crippen LogP contribution in [0.15, 0.2) is 84.9 Å².